The molecular weight excluding hydrogens is 241 g/mol. The van der Waals surface area contributed by atoms with E-state index in [-0.39, 0.29) is 11.6 Å². The van der Waals surface area contributed by atoms with Gasteiger partial charge in [0.1, 0.15) is 0 Å². The molecular formula is C16H16FNO. The molecule has 1 aliphatic rings. The summed E-state index contributed by atoms with van der Waals surface area (Å²) in [5, 5.41) is 3.28. The van der Waals surface area contributed by atoms with E-state index in [2.05, 4.69) is 29.6 Å². The summed E-state index contributed by atoms with van der Waals surface area (Å²) in [6, 6.07) is 13.4. The average molecular weight is 257 g/mol. The molecule has 1 unspecified atom stereocenters. The first kappa shape index (κ1) is 12.0. The second-order valence-electron chi connectivity index (χ2n) is 4.83. The Morgan fingerprint density at radius 1 is 1.26 bits per heavy atom. The van der Waals surface area contributed by atoms with E-state index in [1.54, 1.807) is 6.07 Å². The van der Waals surface area contributed by atoms with Crippen molar-refractivity contribution < 1.29 is 9.13 Å². The van der Waals surface area contributed by atoms with E-state index in [0.29, 0.717) is 5.92 Å². The van der Waals surface area contributed by atoms with Crippen molar-refractivity contribution in [3.63, 3.8) is 0 Å². The number of benzene rings is 2. The number of methoxy groups -OCH3 is 1. The number of halogens is 1. The Bertz CT molecular complexity index is 597. The van der Waals surface area contributed by atoms with Gasteiger partial charge in [0.2, 0.25) is 0 Å². The summed E-state index contributed by atoms with van der Waals surface area (Å²) in [5.41, 5.74) is 3.63. The summed E-state index contributed by atoms with van der Waals surface area (Å²) in [7, 11) is 1.47. The van der Waals surface area contributed by atoms with Crippen LogP contribution in [-0.4, -0.2) is 13.7 Å². The molecule has 3 rings (SSSR count). The molecule has 0 aromatic heterocycles. The van der Waals surface area contributed by atoms with Crippen molar-refractivity contribution in [3.05, 3.63) is 59.4 Å². The first-order valence-corrected chi connectivity index (χ1v) is 6.43. The predicted octanol–water partition coefficient (Wildman–Crippen LogP) is 3.59. The Morgan fingerprint density at radius 2 is 2.11 bits per heavy atom. The highest BCUT2D eigenvalue weighted by atomic mass is 19.1. The minimum atomic E-state index is -0.332. The number of anilines is 1. The summed E-state index contributed by atoms with van der Waals surface area (Å²) in [6.45, 7) is 0.836. The van der Waals surface area contributed by atoms with Crippen molar-refractivity contribution in [2.75, 3.05) is 19.0 Å². The van der Waals surface area contributed by atoms with E-state index < -0.39 is 0 Å². The van der Waals surface area contributed by atoms with Gasteiger partial charge < -0.3 is 10.1 Å². The molecule has 1 N–H and O–H groups in total. The Balaban J connectivity index is 1.64. The molecule has 0 amide bonds. The molecule has 0 fully saturated rings. The van der Waals surface area contributed by atoms with Crippen molar-refractivity contribution in [3.8, 4) is 5.75 Å². The molecule has 98 valence electrons. The normalized spacial score (nSPS) is 16.4. The lowest BCUT2D eigenvalue weighted by Crippen LogP contribution is -2.24. The maximum atomic E-state index is 13.5. The molecule has 0 heterocycles. The van der Waals surface area contributed by atoms with Crippen LogP contribution in [0.15, 0.2) is 42.5 Å². The molecule has 19 heavy (non-hydrogen) atoms. The quantitative estimate of drug-likeness (QED) is 0.903. The Kier molecular flexibility index (Phi) is 3.11. The molecule has 2 nitrogen and oxygen atoms in total. The van der Waals surface area contributed by atoms with Crippen LogP contribution in [0.3, 0.4) is 0 Å². The first-order chi connectivity index (χ1) is 9.28. The van der Waals surface area contributed by atoms with E-state index in [0.717, 1.165) is 18.7 Å². The maximum Gasteiger partial charge on any atom is 0.167 e. The van der Waals surface area contributed by atoms with Crippen molar-refractivity contribution >= 4 is 5.69 Å². The number of fused-ring (bicyclic) bond motifs is 1. The maximum absolute atomic E-state index is 13.5. The smallest absolute Gasteiger partial charge is 0.167 e. The van der Waals surface area contributed by atoms with E-state index in [4.69, 9.17) is 4.74 Å². The highest BCUT2D eigenvalue weighted by Gasteiger charge is 2.24. The molecule has 1 aliphatic carbocycles. The molecule has 0 saturated carbocycles. The van der Waals surface area contributed by atoms with Gasteiger partial charge in [0.05, 0.1) is 7.11 Å². The highest BCUT2D eigenvalue weighted by Crippen LogP contribution is 2.34. The van der Waals surface area contributed by atoms with Crippen LogP contribution >= 0.6 is 0 Å². The number of hydrogen-bond donors (Lipinski definition) is 1. The summed E-state index contributed by atoms with van der Waals surface area (Å²) < 4.78 is 18.4. The second kappa shape index (κ2) is 4.92. The zero-order valence-corrected chi connectivity index (χ0v) is 10.8. The van der Waals surface area contributed by atoms with Gasteiger partial charge >= 0.3 is 0 Å². The van der Waals surface area contributed by atoms with Crippen LogP contribution < -0.4 is 10.1 Å². The van der Waals surface area contributed by atoms with E-state index in [1.165, 1.54) is 24.3 Å². The van der Waals surface area contributed by atoms with Gasteiger partial charge in [-0.1, -0.05) is 24.3 Å². The fourth-order valence-corrected chi connectivity index (χ4v) is 2.56. The molecule has 0 spiro atoms. The predicted molar refractivity (Wildman–Crippen MR) is 74.3 cm³/mol. The molecule has 0 bridgehead atoms. The van der Waals surface area contributed by atoms with Crippen LogP contribution in [0.1, 0.15) is 17.0 Å². The fourth-order valence-electron chi connectivity index (χ4n) is 2.56. The van der Waals surface area contributed by atoms with Crippen LogP contribution in [0.2, 0.25) is 0 Å². The van der Waals surface area contributed by atoms with Crippen LogP contribution in [0.25, 0.3) is 0 Å². The number of rotatable bonds is 4. The van der Waals surface area contributed by atoms with Gasteiger partial charge in [-0.2, -0.15) is 0 Å². The summed E-state index contributed by atoms with van der Waals surface area (Å²) in [6.07, 6.45) is 1.10. The third-order valence-corrected chi connectivity index (χ3v) is 3.67. The van der Waals surface area contributed by atoms with Gasteiger partial charge in [-0.15, -0.1) is 0 Å². The van der Waals surface area contributed by atoms with Crippen LogP contribution in [0.4, 0.5) is 10.1 Å². The SMILES string of the molecule is COc1ccc(NCC2Cc3ccccc32)cc1F. The van der Waals surface area contributed by atoms with Gasteiger partial charge in [-0.3, -0.25) is 0 Å². The number of ether oxygens (including phenoxy) is 1. The number of hydrogen-bond acceptors (Lipinski definition) is 2. The fraction of sp³-hybridized carbons (Fsp3) is 0.250. The first-order valence-electron chi connectivity index (χ1n) is 6.43. The zero-order chi connectivity index (χ0) is 13.2. The molecule has 1 atom stereocenters. The van der Waals surface area contributed by atoms with Crippen molar-refractivity contribution in [1.29, 1.82) is 0 Å². The molecule has 0 aliphatic heterocycles. The van der Waals surface area contributed by atoms with Crippen molar-refractivity contribution in [2.45, 2.75) is 12.3 Å². The monoisotopic (exact) mass is 257 g/mol. The van der Waals surface area contributed by atoms with E-state index in [1.807, 2.05) is 6.07 Å². The van der Waals surface area contributed by atoms with Crippen LogP contribution in [-0.2, 0) is 6.42 Å². The standard InChI is InChI=1S/C16H16FNO/c1-19-16-7-6-13(9-15(16)17)18-10-12-8-11-4-2-3-5-14(11)12/h2-7,9,12,18H,8,10H2,1H3. The van der Waals surface area contributed by atoms with Gasteiger partial charge in [0, 0.05) is 24.2 Å². The zero-order valence-electron chi connectivity index (χ0n) is 10.8. The van der Waals surface area contributed by atoms with Gasteiger partial charge in [0.25, 0.3) is 0 Å². The molecule has 2 aromatic carbocycles. The van der Waals surface area contributed by atoms with Crippen molar-refractivity contribution in [2.24, 2.45) is 0 Å². The summed E-state index contributed by atoms with van der Waals surface area (Å²) >= 11 is 0. The molecule has 3 heteroatoms. The Hall–Kier alpha value is -2.03. The van der Waals surface area contributed by atoms with Gasteiger partial charge in [0.15, 0.2) is 11.6 Å². The van der Waals surface area contributed by atoms with Crippen molar-refractivity contribution in [1.82, 2.24) is 0 Å². The molecule has 0 radical (unpaired) electrons. The van der Waals surface area contributed by atoms with Gasteiger partial charge in [-0.05, 0) is 29.7 Å². The second-order valence-corrected chi connectivity index (χ2v) is 4.83. The lowest BCUT2D eigenvalue weighted by molar-refractivity contribution is 0.386. The minimum Gasteiger partial charge on any atom is -0.494 e. The molecule has 0 saturated heterocycles. The van der Waals surface area contributed by atoms with Gasteiger partial charge in [-0.25, -0.2) is 4.39 Å². The third kappa shape index (κ3) is 2.28. The van der Waals surface area contributed by atoms with Crippen LogP contribution in [0.5, 0.6) is 5.75 Å². The minimum absolute atomic E-state index is 0.277. The lowest BCUT2D eigenvalue weighted by atomic mass is 9.77. The van der Waals surface area contributed by atoms with E-state index >= 15 is 0 Å². The van der Waals surface area contributed by atoms with E-state index in [9.17, 15) is 4.39 Å². The molecule has 2 aromatic rings. The lowest BCUT2D eigenvalue weighted by Gasteiger charge is -2.30. The largest absolute Gasteiger partial charge is 0.494 e. The summed E-state index contributed by atoms with van der Waals surface area (Å²) in [5.74, 6) is 0.474. The van der Waals surface area contributed by atoms with Crippen LogP contribution in [0, 0.1) is 5.82 Å². The third-order valence-electron chi connectivity index (χ3n) is 3.67. The Labute approximate surface area is 112 Å². The topological polar surface area (TPSA) is 21.3 Å². The highest BCUT2D eigenvalue weighted by molar-refractivity contribution is 5.49. The Morgan fingerprint density at radius 3 is 2.84 bits per heavy atom. The summed E-state index contributed by atoms with van der Waals surface area (Å²) in [4.78, 5) is 0. The number of nitrogens with one attached hydrogen (secondary N) is 1. The average Bonchev–Trinajstić information content (AvgIpc) is 2.40.